The zero-order chi connectivity index (χ0) is 10.6. The number of hydrogen-bond donors (Lipinski definition) is 1. The van der Waals surface area contributed by atoms with E-state index in [4.69, 9.17) is 5.73 Å². The van der Waals surface area contributed by atoms with Crippen LogP contribution in [-0.2, 0) is 13.1 Å². The molecule has 14 heavy (non-hydrogen) atoms. The molecule has 0 atom stereocenters. The molecule has 0 amide bonds. The van der Waals surface area contributed by atoms with Crippen LogP contribution in [0.1, 0.15) is 38.2 Å². The van der Waals surface area contributed by atoms with Gasteiger partial charge in [-0.05, 0) is 25.7 Å². The first kappa shape index (κ1) is 11.2. The molecule has 2 N–H and O–H groups in total. The number of nitrogens with two attached hydrogens (primary N) is 1. The smallest absolute Gasteiger partial charge is 0.105 e. The van der Waals surface area contributed by atoms with Gasteiger partial charge in [0, 0.05) is 19.3 Å². The van der Waals surface area contributed by atoms with Gasteiger partial charge in [0.05, 0.1) is 5.69 Å². The summed E-state index contributed by atoms with van der Waals surface area (Å²) in [5, 5.41) is 0. The molecule has 0 spiro atoms. The monoisotopic (exact) mass is 195 g/mol. The van der Waals surface area contributed by atoms with Crippen molar-refractivity contribution in [1.29, 1.82) is 0 Å². The molecule has 0 fully saturated rings. The third kappa shape index (κ3) is 2.84. The van der Waals surface area contributed by atoms with Gasteiger partial charge in [-0.1, -0.05) is 13.8 Å². The molecule has 0 saturated carbocycles. The Morgan fingerprint density at radius 3 is 2.79 bits per heavy atom. The summed E-state index contributed by atoms with van der Waals surface area (Å²) in [5.41, 5.74) is 6.78. The van der Waals surface area contributed by atoms with Crippen molar-refractivity contribution in [3.8, 4) is 0 Å². The number of rotatable bonds is 5. The highest BCUT2D eigenvalue weighted by Gasteiger charge is 2.04. The molecule has 0 bridgehead atoms. The number of imidazole rings is 1. The Kier molecular flexibility index (Phi) is 4.14. The summed E-state index contributed by atoms with van der Waals surface area (Å²) in [5.74, 6) is 1.86. The minimum Gasteiger partial charge on any atom is -0.331 e. The van der Waals surface area contributed by atoms with Crippen LogP contribution in [0.15, 0.2) is 6.20 Å². The average molecular weight is 195 g/mol. The maximum atomic E-state index is 5.63. The van der Waals surface area contributed by atoms with E-state index in [1.165, 1.54) is 12.8 Å². The predicted octanol–water partition coefficient (Wildman–Crippen LogP) is 2.09. The molecule has 1 rings (SSSR count). The van der Waals surface area contributed by atoms with Gasteiger partial charge in [0.15, 0.2) is 0 Å². The molecule has 0 aliphatic carbocycles. The van der Waals surface area contributed by atoms with Crippen LogP contribution in [0, 0.1) is 12.8 Å². The van der Waals surface area contributed by atoms with E-state index in [1.807, 2.05) is 13.1 Å². The molecule has 3 heteroatoms. The lowest BCUT2D eigenvalue weighted by Crippen LogP contribution is -2.09. The van der Waals surface area contributed by atoms with E-state index < -0.39 is 0 Å². The highest BCUT2D eigenvalue weighted by molar-refractivity contribution is 5.03. The Morgan fingerprint density at radius 1 is 1.50 bits per heavy atom. The molecule has 0 aromatic carbocycles. The Bertz CT molecular complexity index is 276. The molecule has 1 aromatic heterocycles. The van der Waals surface area contributed by atoms with Crippen molar-refractivity contribution in [3.63, 3.8) is 0 Å². The van der Waals surface area contributed by atoms with Crippen LogP contribution in [0.2, 0.25) is 0 Å². The van der Waals surface area contributed by atoms with E-state index in [9.17, 15) is 0 Å². The molecule has 0 unspecified atom stereocenters. The van der Waals surface area contributed by atoms with E-state index >= 15 is 0 Å². The van der Waals surface area contributed by atoms with Gasteiger partial charge in [-0.2, -0.15) is 0 Å². The Hall–Kier alpha value is -0.830. The van der Waals surface area contributed by atoms with Crippen LogP contribution in [0.4, 0.5) is 0 Å². The van der Waals surface area contributed by atoms with Gasteiger partial charge in [0.1, 0.15) is 5.82 Å². The zero-order valence-corrected chi connectivity index (χ0v) is 9.45. The lowest BCUT2D eigenvalue weighted by atomic mass is 10.1. The van der Waals surface area contributed by atoms with Gasteiger partial charge in [0.2, 0.25) is 0 Å². The van der Waals surface area contributed by atoms with Crippen molar-refractivity contribution < 1.29 is 0 Å². The molecule has 1 heterocycles. The van der Waals surface area contributed by atoms with E-state index in [0.717, 1.165) is 24.0 Å². The Balaban J connectivity index is 2.52. The molecular weight excluding hydrogens is 174 g/mol. The summed E-state index contributed by atoms with van der Waals surface area (Å²) in [6.45, 7) is 8.18. The summed E-state index contributed by atoms with van der Waals surface area (Å²) in [6, 6.07) is 0. The summed E-state index contributed by atoms with van der Waals surface area (Å²) in [7, 11) is 0. The van der Waals surface area contributed by atoms with Crippen molar-refractivity contribution in [2.24, 2.45) is 11.7 Å². The fourth-order valence-electron chi connectivity index (χ4n) is 1.64. The minimum atomic E-state index is 0.586. The van der Waals surface area contributed by atoms with Gasteiger partial charge in [-0.3, -0.25) is 0 Å². The largest absolute Gasteiger partial charge is 0.331 e. The number of nitrogens with zero attached hydrogens (tertiary/aromatic N) is 2. The van der Waals surface area contributed by atoms with Crippen molar-refractivity contribution in [2.45, 2.75) is 46.7 Å². The average Bonchev–Trinajstić information content (AvgIpc) is 2.47. The molecule has 0 saturated heterocycles. The number of hydrogen-bond acceptors (Lipinski definition) is 2. The third-order valence-electron chi connectivity index (χ3n) is 2.51. The second-order valence-corrected chi connectivity index (χ2v) is 4.19. The minimum absolute atomic E-state index is 0.586. The quantitative estimate of drug-likeness (QED) is 0.781. The van der Waals surface area contributed by atoms with Crippen molar-refractivity contribution in [1.82, 2.24) is 9.55 Å². The van der Waals surface area contributed by atoms with Crippen LogP contribution in [0.5, 0.6) is 0 Å². The molecule has 0 aliphatic heterocycles. The van der Waals surface area contributed by atoms with Gasteiger partial charge >= 0.3 is 0 Å². The second-order valence-electron chi connectivity index (χ2n) is 4.19. The first-order chi connectivity index (χ1) is 6.65. The molecule has 0 radical (unpaired) electrons. The van der Waals surface area contributed by atoms with E-state index in [1.54, 1.807) is 0 Å². The van der Waals surface area contributed by atoms with Crippen LogP contribution >= 0.6 is 0 Å². The fourth-order valence-corrected chi connectivity index (χ4v) is 1.64. The molecule has 1 aromatic rings. The van der Waals surface area contributed by atoms with Crippen LogP contribution in [0.3, 0.4) is 0 Å². The maximum absolute atomic E-state index is 5.63. The fraction of sp³-hybridized carbons (Fsp3) is 0.727. The zero-order valence-electron chi connectivity index (χ0n) is 9.45. The number of aromatic nitrogens is 2. The maximum Gasteiger partial charge on any atom is 0.105 e. The van der Waals surface area contributed by atoms with Gasteiger partial charge in [0.25, 0.3) is 0 Å². The topological polar surface area (TPSA) is 43.8 Å². The molecular formula is C11H21N3. The molecule has 80 valence electrons. The van der Waals surface area contributed by atoms with Crippen molar-refractivity contribution in [2.75, 3.05) is 0 Å². The summed E-state index contributed by atoms with van der Waals surface area (Å²) in [4.78, 5) is 4.27. The highest BCUT2D eigenvalue weighted by atomic mass is 15.1. The van der Waals surface area contributed by atoms with Crippen molar-refractivity contribution in [3.05, 3.63) is 17.7 Å². The normalized spacial score (nSPS) is 11.2. The van der Waals surface area contributed by atoms with E-state index in [2.05, 4.69) is 23.4 Å². The molecule has 0 aliphatic rings. The van der Waals surface area contributed by atoms with Crippen LogP contribution in [0.25, 0.3) is 0 Å². The Labute approximate surface area is 86.3 Å². The Morgan fingerprint density at radius 2 is 2.21 bits per heavy atom. The summed E-state index contributed by atoms with van der Waals surface area (Å²) in [6.07, 6.45) is 4.36. The summed E-state index contributed by atoms with van der Waals surface area (Å²) < 4.78 is 2.22. The van der Waals surface area contributed by atoms with E-state index in [-0.39, 0.29) is 0 Å². The highest BCUT2D eigenvalue weighted by Crippen LogP contribution is 2.09. The summed E-state index contributed by atoms with van der Waals surface area (Å²) >= 11 is 0. The van der Waals surface area contributed by atoms with Crippen LogP contribution in [-0.4, -0.2) is 9.55 Å². The van der Waals surface area contributed by atoms with Gasteiger partial charge in [-0.15, -0.1) is 0 Å². The first-order valence-electron chi connectivity index (χ1n) is 5.36. The standard InChI is InChI=1S/C11H21N3/c1-9(2)5-4-6-14-10(3)13-8-11(14)7-12/h8-9H,4-7,12H2,1-3H3. The van der Waals surface area contributed by atoms with E-state index in [0.29, 0.717) is 6.54 Å². The van der Waals surface area contributed by atoms with Crippen molar-refractivity contribution >= 4 is 0 Å². The number of aryl methyl sites for hydroxylation is 1. The lowest BCUT2D eigenvalue weighted by molar-refractivity contribution is 0.500. The molecule has 3 nitrogen and oxygen atoms in total. The second kappa shape index (κ2) is 5.15. The van der Waals surface area contributed by atoms with Crippen LogP contribution < -0.4 is 5.73 Å². The SMILES string of the molecule is Cc1ncc(CN)n1CCCC(C)C. The first-order valence-corrected chi connectivity index (χ1v) is 5.36. The third-order valence-corrected chi connectivity index (χ3v) is 2.51. The van der Waals surface area contributed by atoms with Gasteiger partial charge < -0.3 is 10.3 Å². The lowest BCUT2D eigenvalue weighted by Gasteiger charge is -2.10. The van der Waals surface area contributed by atoms with Gasteiger partial charge in [-0.25, -0.2) is 4.98 Å². The predicted molar refractivity (Wildman–Crippen MR) is 58.9 cm³/mol.